The first-order valence-electron chi connectivity index (χ1n) is 12.2. The van der Waals surface area contributed by atoms with Gasteiger partial charge in [0.25, 0.3) is 5.56 Å². The molecule has 4 rings (SSSR count). The molecular formula is C29H26F2N2O6S. The largest absolute Gasteiger partial charge is 0.493 e. The molecule has 3 aromatic carbocycles. The fourth-order valence-electron chi connectivity index (χ4n) is 3.98. The summed E-state index contributed by atoms with van der Waals surface area (Å²) in [5.74, 6) is -1.84. The number of benzene rings is 3. The fraction of sp³-hybridized carbons (Fsp3) is 0.172. The van der Waals surface area contributed by atoms with Crippen molar-refractivity contribution in [1.82, 2.24) is 4.57 Å². The molecule has 0 aliphatic carbocycles. The Morgan fingerprint density at radius 3 is 2.27 bits per heavy atom. The van der Waals surface area contributed by atoms with Crippen LogP contribution in [0.1, 0.15) is 18.1 Å². The minimum absolute atomic E-state index is 0.0300. The lowest BCUT2D eigenvalue weighted by molar-refractivity contribution is -0.115. The lowest BCUT2D eigenvalue weighted by Crippen LogP contribution is -2.16. The summed E-state index contributed by atoms with van der Waals surface area (Å²) in [6, 6.07) is 15.6. The van der Waals surface area contributed by atoms with E-state index >= 15 is 0 Å². The van der Waals surface area contributed by atoms with Crippen molar-refractivity contribution < 1.29 is 31.5 Å². The van der Waals surface area contributed by atoms with Crippen molar-refractivity contribution in [3.8, 4) is 28.4 Å². The highest BCUT2D eigenvalue weighted by Gasteiger charge is 2.18. The molecule has 1 heterocycles. The molecule has 0 radical (unpaired) electrons. The molecule has 0 spiro atoms. The third kappa shape index (κ3) is 7.11. The number of nitrogens with one attached hydrogen (secondary N) is 1. The topological polar surface area (TPSA) is 104 Å². The molecule has 4 aromatic rings. The van der Waals surface area contributed by atoms with E-state index in [4.69, 9.17) is 9.47 Å². The average Bonchev–Trinajstić information content (AvgIpc) is 2.89. The Kier molecular flexibility index (Phi) is 8.95. The number of nitrogens with zero attached hydrogens (tertiary/aromatic N) is 1. The number of rotatable bonds is 10. The third-order valence-corrected chi connectivity index (χ3v) is 6.48. The summed E-state index contributed by atoms with van der Waals surface area (Å²) < 4.78 is 62.5. The fourth-order valence-corrected chi connectivity index (χ4v) is 4.48. The van der Waals surface area contributed by atoms with Gasteiger partial charge >= 0.3 is 0 Å². The van der Waals surface area contributed by atoms with E-state index in [0.29, 0.717) is 34.0 Å². The number of anilines is 1. The maximum Gasteiger partial charge on any atom is 0.254 e. The number of carbonyl (C=O) groups excluding carboxylic acids is 1. The van der Waals surface area contributed by atoms with Crippen molar-refractivity contribution >= 4 is 22.3 Å². The Hall–Kier alpha value is -4.51. The van der Waals surface area contributed by atoms with Gasteiger partial charge in [0.1, 0.15) is 28.0 Å². The third-order valence-electron chi connectivity index (χ3n) is 5.86. The molecule has 1 N–H and O–H groups in total. The Balaban J connectivity index is 1.68. The predicted octanol–water partition coefficient (Wildman–Crippen LogP) is 4.81. The molecule has 0 bridgehead atoms. The predicted molar refractivity (Wildman–Crippen MR) is 148 cm³/mol. The minimum atomic E-state index is -2.55. The van der Waals surface area contributed by atoms with E-state index in [1.54, 1.807) is 56.6 Å². The molecule has 0 aliphatic heterocycles. The smallest absolute Gasteiger partial charge is 0.254 e. The Morgan fingerprint density at radius 1 is 0.900 bits per heavy atom. The van der Waals surface area contributed by atoms with E-state index in [1.807, 2.05) is 0 Å². The molecule has 0 fully saturated rings. The van der Waals surface area contributed by atoms with E-state index < -0.39 is 22.3 Å². The van der Waals surface area contributed by atoms with Gasteiger partial charge < -0.3 is 19.4 Å². The monoisotopic (exact) mass is 568 g/mol. The molecular weight excluding hydrogens is 542 g/mol. The summed E-state index contributed by atoms with van der Waals surface area (Å²) in [7, 11) is -0.982. The van der Waals surface area contributed by atoms with Crippen LogP contribution < -0.4 is 20.3 Å². The number of hydrogen-bond donors (Lipinski definition) is 2. The van der Waals surface area contributed by atoms with Gasteiger partial charge in [-0.2, -0.15) is 0 Å². The zero-order valence-electron chi connectivity index (χ0n) is 21.6. The number of halogens is 2. The number of thiol groups is 1. The van der Waals surface area contributed by atoms with Crippen molar-refractivity contribution in [2.24, 2.45) is 7.05 Å². The lowest BCUT2D eigenvalue weighted by Gasteiger charge is -2.17. The SMILES string of the molecule is CCOc1cc(=O)n(C)cc1-c1cc(NC(=O)Cc2ccc(C[SH](=O)=O)cc2)ccc1Oc1ccc(F)cc1F. The average molecular weight is 569 g/mol. The first-order valence-corrected chi connectivity index (χ1v) is 13.6. The van der Waals surface area contributed by atoms with Crippen LogP contribution in [0, 0.1) is 11.6 Å². The van der Waals surface area contributed by atoms with Crippen LogP contribution in [0.2, 0.25) is 0 Å². The molecule has 40 heavy (non-hydrogen) atoms. The van der Waals surface area contributed by atoms with Gasteiger partial charge in [0.2, 0.25) is 5.91 Å². The highest BCUT2D eigenvalue weighted by Crippen LogP contribution is 2.40. The Bertz CT molecular complexity index is 1680. The van der Waals surface area contributed by atoms with E-state index in [0.717, 1.165) is 12.1 Å². The second-order valence-electron chi connectivity index (χ2n) is 8.85. The summed E-state index contributed by atoms with van der Waals surface area (Å²) in [6.07, 6.45) is 1.57. The molecule has 0 saturated carbocycles. The molecule has 0 saturated heterocycles. The number of ether oxygens (including phenoxy) is 2. The van der Waals surface area contributed by atoms with Crippen LogP contribution in [0.15, 0.2) is 77.7 Å². The quantitative estimate of drug-likeness (QED) is 0.266. The number of amides is 1. The van der Waals surface area contributed by atoms with E-state index in [1.165, 1.54) is 16.7 Å². The molecule has 0 atom stereocenters. The van der Waals surface area contributed by atoms with E-state index in [2.05, 4.69) is 5.32 Å². The maximum absolute atomic E-state index is 14.4. The molecule has 208 valence electrons. The van der Waals surface area contributed by atoms with Crippen molar-refractivity contribution in [2.75, 3.05) is 11.9 Å². The summed E-state index contributed by atoms with van der Waals surface area (Å²) in [6.45, 7) is 2.03. The molecule has 0 aliphatic rings. The number of hydrogen-bond acceptors (Lipinski definition) is 6. The first-order chi connectivity index (χ1) is 19.1. The summed E-state index contributed by atoms with van der Waals surface area (Å²) in [5.41, 5.74) is 2.23. The molecule has 0 unspecified atom stereocenters. The Labute approximate surface area is 230 Å². The van der Waals surface area contributed by atoms with Gasteiger partial charge in [-0.1, -0.05) is 24.3 Å². The summed E-state index contributed by atoms with van der Waals surface area (Å²) in [4.78, 5) is 25.1. The number of carbonyl (C=O) groups is 1. The van der Waals surface area contributed by atoms with Crippen molar-refractivity contribution in [1.29, 1.82) is 0 Å². The van der Waals surface area contributed by atoms with Crippen molar-refractivity contribution in [3.05, 3.63) is 106 Å². The van der Waals surface area contributed by atoms with Gasteiger partial charge in [0, 0.05) is 42.2 Å². The molecule has 1 aromatic heterocycles. The number of aromatic nitrogens is 1. The Morgan fingerprint density at radius 2 is 1.60 bits per heavy atom. The van der Waals surface area contributed by atoms with Gasteiger partial charge in [-0.15, -0.1) is 0 Å². The molecule has 8 nitrogen and oxygen atoms in total. The van der Waals surface area contributed by atoms with Crippen LogP contribution in [0.5, 0.6) is 17.2 Å². The summed E-state index contributed by atoms with van der Waals surface area (Å²) >= 11 is 0. The zero-order valence-corrected chi connectivity index (χ0v) is 22.5. The minimum Gasteiger partial charge on any atom is -0.493 e. The van der Waals surface area contributed by atoms with E-state index in [9.17, 15) is 26.8 Å². The van der Waals surface area contributed by atoms with Crippen LogP contribution in [0.4, 0.5) is 14.5 Å². The van der Waals surface area contributed by atoms with Crippen LogP contribution in [-0.4, -0.2) is 25.5 Å². The summed E-state index contributed by atoms with van der Waals surface area (Å²) in [5, 5.41) is 2.81. The van der Waals surface area contributed by atoms with Crippen LogP contribution >= 0.6 is 0 Å². The van der Waals surface area contributed by atoms with Crippen LogP contribution in [0.25, 0.3) is 11.1 Å². The first kappa shape index (κ1) is 28.5. The van der Waals surface area contributed by atoms with Crippen LogP contribution in [0.3, 0.4) is 0 Å². The second kappa shape index (κ2) is 12.6. The van der Waals surface area contributed by atoms with Crippen molar-refractivity contribution in [2.45, 2.75) is 19.1 Å². The number of aryl methyl sites for hydroxylation is 1. The van der Waals surface area contributed by atoms with Gasteiger partial charge in [-0.05, 0) is 48.4 Å². The standard InChI is InChI=1S/C29H26F2N2O6S/c1-3-38-27-15-29(35)33(2)16-23(27)22-14-21(9-11-25(22)39-26-10-8-20(30)13-24(26)31)32-28(34)12-18-4-6-19(7-5-18)17-40(36)37/h4-11,13-16,40H,3,12,17H2,1-2H3,(H,32,34). The number of pyridine rings is 1. The molecule has 11 heteroatoms. The van der Waals surface area contributed by atoms with Gasteiger partial charge in [-0.3, -0.25) is 9.59 Å². The van der Waals surface area contributed by atoms with Gasteiger partial charge in [0.15, 0.2) is 11.6 Å². The van der Waals surface area contributed by atoms with Crippen LogP contribution in [-0.2, 0) is 34.7 Å². The highest BCUT2D eigenvalue weighted by molar-refractivity contribution is 7.71. The van der Waals surface area contributed by atoms with Gasteiger partial charge in [0.05, 0.1) is 18.8 Å². The molecule has 1 amide bonds. The lowest BCUT2D eigenvalue weighted by atomic mass is 10.0. The second-order valence-corrected chi connectivity index (χ2v) is 9.84. The van der Waals surface area contributed by atoms with E-state index in [-0.39, 0.29) is 47.5 Å². The zero-order chi connectivity index (χ0) is 28.8. The maximum atomic E-state index is 14.4. The van der Waals surface area contributed by atoms with Crippen molar-refractivity contribution in [3.63, 3.8) is 0 Å². The highest BCUT2D eigenvalue weighted by atomic mass is 32.2. The normalized spacial score (nSPS) is 10.9. The van der Waals surface area contributed by atoms with Gasteiger partial charge in [-0.25, -0.2) is 17.2 Å².